The van der Waals surface area contributed by atoms with E-state index in [9.17, 15) is 0 Å². The minimum absolute atomic E-state index is 0.812. The van der Waals surface area contributed by atoms with Crippen molar-refractivity contribution in [1.82, 2.24) is 19.6 Å². The third-order valence-electron chi connectivity index (χ3n) is 3.85. The van der Waals surface area contributed by atoms with Gasteiger partial charge in [0, 0.05) is 57.2 Å². The minimum atomic E-state index is 0.812. The number of hydrogen-bond donors (Lipinski definition) is 1. The van der Waals surface area contributed by atoms with Crippen LogP contribution in [0.5, 0.6) is 0 Å². The molecule has 2 heterocycles. The van der Waals surface area contributed by atoms with Crippen molar-refractivity contribution in [3.63, 3.8) is 0 Å². The first-order chi connectivity index (χ1) is 10.7. The van der Waals surface area contributed by atoms with Crippen LogP contribution in [0.4, 0.5) is 5.69 Å². The van der Waals surface area contributed by atoms with E-state index in [0.29, 0.717) is 0 Å². The Morgan fingerprint density at radius 1 is 1.18 bits per heavy atom. The first kappa shape index (κ1) is 15.0. The van der Waals surface area contributed by atoms with Gasteiger partial charge in [0.15, 0.2) is 5.11 Å². The van der Waals surface area contributed by atoms with Crippen molar-refractivity contribution in [2.45, 2.75) is 6.54 Å². The average molecular weight is 315 g/mol. The molecule has 1 saturated heterocycles. The summed E-state index contributed by atoms with van der Waals surface area (Å²) in [5.41, 5.74) is 2.31. The number of para-hydroxylation sites is 1. The Hall–Kier alpha value is -1.92. The standard InChI is InChI=1S/C16H21N5S/c1-19-12-14(11-17-19)13-20-7-9-21(10-8-20)16(22)18-15-5-3-2-4-6-15/h2-6,11-12H,7-10,13H2,1H3,(H,18,22). The largest absolute Gasteiger partial charge is 0.346 e. The summed E-state index contributed by atoms with van der Waals surface area (Å²) in [6.07, 6.45) is 4.02. The molecule has 2 aromatic rings. The van der Waals surface area contributed by atoms with Gasteiger partial charge in [-0.25, -0.2) is 0 Å². The van der Waals surface area contributed by atoms with E-state index in [-0.39, 0.29) is 0 Å². The molecule has 1 fully saturated rings. The molecule has 3 rings (SSSR count). The predicted molar refractivity (Wildman–Crippen MR) is 92.7 cm³/mol. The van der Waals surface area contributed by atoms with E-state index in [0.717, 1.165) is 43.5 Å². The molecule has 0 spiro atoms. The third kappa shape index (κ3) is 3.84. The van der Waals surface area contributed by atoms with Gasteiger partial charge in [-0.3, -0.25) is 9.58 Å². The van der Waals surface area contributed by atoms with Crippen LogP contribution in [0, 0.1) is 0 Å². The maximum Gasteiger partial charge on any atom is 0.173 e. The van der Waals surface area contributed by atoms with E-state index in [2.05, 4.69) is 26.4 Å². The van der Waals surface area contributed by atoms with Gasteiger partial charge in [-0.1, -0.05) is 18.2 Å². The zero-order valence-electron chi connectivity index (χ0n) is 12.8. The fourth-order valence-corrected chi connectivity index (χ4v) is 2.95. The Balaban J connectivity index is 1.48. The number of aryl methyl sites for hydroxylation is 1. The lowest BCUT2D eigenvalue weighted by Gasteiger charge is -2.36. The summed E-state index contributed by atoms with van der Waals surface area (Å²) < 4.78 is 1.85. The van der Waals surface area contributed by atoms with Gasteiger partial charge in [0.2, 0.25) is 0 Å². The monoisotopic (exact) mass is 315 g/mol. The summed E-state index contributed by atoms with van der Waals surface area (Å²) in [5.74, 6) is 0. The summed E-state index contributed by atoms with van der Waals surface area (Å²) in [5, 5.41) is 8.34. The van der Waals surface area contributed by atoms with Gasteiger partial charge < -0.3 is 10.2 Å². The quantitative estimate of drug-likeness (QED) is 0.876. The Labute approximate surface area is 136 Å². The lowest BCUT2D eigenvalue weighted by molar-refractivity contribution is 0.177. The van der Waals surface area contributed by atoms with E-state index in [1.54, 1.807) is 0 Å². The molecule has 1 aromatic heterocycles. The highest BCUT2D eigenvalue weighted by Crippen LogP contribution is 2.11. The maximum absolute atomic E-state index is 5.51. The molecular weight excluding hydrogens is 294 g/mol. The molecule has 5 nitrogen and oxygen atoms in total. The third-order valence-corrected chi connectivity index (χ3v) is 4.21. The van der Waals surface area contributed by atoms with Crippen LogP contribution in [0.1, 0.15) is 5.56 Å². The van der Waals surface area contributed by atoms with Gasteiger partial charge in [0.25, 0.3) is 0 Å². The zero-order chi connectivity index (χ0) is 15.4. The van der Waals surface area contributed by atoms with Crippen molar-refractivity contribution in [1.29, 1.82) is 0 Å². The van der Waals surface area contributed by atoms with E-state index in [4.69, 9.17) is 12.2 Å². The lowest BCUT2D eigenvalue weighted by Crippen LogP contribution is -2.49. The Morgan fingerprint density at radius 2 is 1.91 bits per heavy atom. The number of hydrogen-bond acceptors (Lipinski definition) is 3. The number of aromatic nitrogens is 2. The van der Waals surface area contributed by atoms with Crippen LogP contribution in [0.15, 0.2) is 42.7 Å². The van der Waals surface area contributed by atoms with Crippen molar-refractivity contribution >= 4 is 23.0 Å². The summed E-state index contributed by atoms with van der Waals surface area (Å²) in [6.45, 7) is 4.91. The van der Waals surface area contributed by atoms with Crippen molar-refractivity contribution in [3.05, 3.63) is 48.3 Å². The number of benzene rings is 1. The van der Waals surface area contributed by atoms with E-state index in [1.165, 1.54) is 5.56 Å². The molecule has 1 aliphatic heterocycles. The highest BCUT2D eigenvalue weighted by atomic mass is 32.1. The molecule has 0 radical (unpaired) electrons. The second kappa shape index (κ2) is 6.89. The topological polar surface area (TPSA) is 36.3 Å². The van der Waals surface area contributed by atoms with E-state index < -0.39 is 0 Å². The summed E-state index contributed by atoms with van der Waals surface area (Å²) >= 11 is 5.51. The van der Waals surface area contributed by atoms with E-state index in [1.807, 2.05) is 48.3 Å². The van der Waals surface area contributed by atoms with Crippen LogP contribution in [-0.2, 0) is 13.6 Å². The molecule has 0 amide bonds. The number of nitrogens with zero attached hydrogens (tertiary/aromatic N) is 4. The summed E-state index contributed by atoms with van der Waals surface area (Å²) in [7, 11) is 1.95. The van der Waals surface area contributed by atoms with E-state index >= 15 is 0 Å². The average Bonchev–Trinajstić information content (AvgIpc) is 2.94. The molecule has 6 heteroatoms. The number of nitrogens with one attached hydrogen (secondary N) is 1. The molecular formula is C16H21N5S. The smallest absolute Gasteiger partial charge is 0.173 e. The number of piperazine rings is 1. The van der Waals surface area contributed by atoms with Crippen LogP contribution >= 0.6 is 12.2 Å². The van der Waals surface area contributed by atoms with Crippen molar-refractivity contribution in [2.75, 3.05) is 31.5 Å². The minimum Gasteiger partial charge on any atom is -0.346 e. The SMILES string of the molecule is Cn1cc(CN2CCN(C(=S)Nc3ccccc3)CC2)cn1. The number of anilines is 1. The Kier molecular flexibility index (Phi) is 4.70. The van der Waals surface area contributed by atoms with Crippen LogP contribution in [-0.4, -0.2) is 50.9 Å². The van der Waals surface area contributed by atoms with Crippen LogP contribution in [0.25, 0.3) is 0 Å². The van der Waals surface area contributed by atoms with Gasteiger partial charge in [0.05, 0.1) is 6.20 Å². The van der Waals surface area contributed by atoms with Gasteiger partial charge in [-0.05, 0) is 24.4 Å². The molecule has 1 N–H and O–H groups in total. The van der Waals surface area contributed by atoms with Crippen molar-refractivity contribution in [2.24, 2.45) is 7.05 Å². The highest BCUT2D eigenvalue weighted by Gasteiger charge is 2.19. The lowest BCUT2D eigenvalue weighted by atomic mass is 10.2. The van der Waals surface area contributed by atoms with Gasteiger partial charge in [-0.15, -0.1) is 0 Å². The van der Waals surface area contributed by atoms with Crippen molar-refractivity contribution in [3.8, 4) is 0 Å². The zero-order valence-corrected chi connectivity index (χ0v) is 13.6. The highest BCUT2D eigenvalue weighted by molar-refractivity contribution is 7.80. The fraction of sp³-hybridized carbons (Fsp3) is 0.375. The normalized spacial score (nSPS) is 15.8. The van der Waals surface area contributed by atoms with Crippen LogP contribution in [0.3, 0.4) is 0 Å². The maximum atomic E-state index is 5.51. The summed E-state index contributed by atoms with van der Waals surface area (Å²) in [4.78, 5) is 4.68. The Morgan fingerprint density at radius 3 is 2.55 bits per heavy atom. The molecule has 22 heavy (non-hydrogen) atoms. The molecule has 116 valence electrons. The van der Waals surface area contributed by atoms with Crippen LogP contribution in [0.2, 0.25) is 0 Å². The second-order valence-corrected chi connectivity index (χ2v) is 5.97. The molecule has 0 saturated carbocycles. The fourth-order valence-electron chi connectivity index (χ4n) is 2.64. The first-order valence-electron chi connectivity index (χ1n) is 7.51. The number of thiocarbonyl (C=S) groups is 1. The van der Waals surface area contributed by atoms with Gasteiger partial charge in [0.1, 0.15) is 0 Å². The predicted octanol–water partition coefficient (Wildman–Crippen LogP) is 1.93. The van der Waals surface area contributed by atoms with Gasteiger partial charge >= 0.3 is 0 Å². The first-order valence-corrected chi connectivity index (χ1v) is 7.92. The molecule has 0 unspecified atom stereocenters. The number of rotatable bonds is 3. The van der Waals surface area contributed by atoms with Gasteiger partial charge in [-0.2, -0.15) is 5.10 Å². The van der Waals surface area contributed by atoms with Crippen molar-refractivity contribution < 1.29 is 0 Å². The molecule has 1 aromatic carbocycles. The molecule has 0 aliphatic carbocycles. The second-order valence-electron chi connectivity index (χ2n) is 5.58. The van der Waals surface area contributed by atoms with Crippen LogP contribution < -0.4 is 5.32 Å². The molecule has 0 atom stereocenters. The molecule has 1 aliphatic rings. The molecule has 0 bridgehead atoms. The Bertz CT molecular complexity index is 616. The summed E-state index contributed by atoms with van der Waals surface area (Å²) in [6, 6.07) is 10.1.